The molecule has 1 aromatic heterocycles. The van der Waals surface area contributed by atoms with Crippen molar-refractivity contribution in [1.82, 2.24) is 9.97 Å². The second-order valence-corrected chi connectivity index (χ2v) is 8.22. The minimum Gasteiger partial charge on any atom is -0.382 e. The first-order valence-corrected chi connectivity index (χ1v) is 10.9. The normalized spacial score (nSPS) is 13.0. The SMILES string of the molecule is O=C(Cc1ccc(F)cc1)Nc1nc2c(nc1C(O)c1ccccc1)-c1ccc(F)cc1CC2. The highest BCUT2D eigenvalue weighted by atomic mass is 19.1. The van der Waals surface area contributed by atoms with Crippen molar-refractivity contribution in [2.45, 2.75) is 25.4 Å². The molecule has 34 heavy (non-hydrogen) atoms. The van der Waals surface area contributed by atoms with Crippen LogP contribution in [-0.4, -0.2) is 21.0 Å². The third-order valence-corrected chi connectivity index (χ3v) is 5.86. The van der Waals surface area contributed by atoms with Crippen molar-refractivity contribution in [2.75, 3.05) is 5.32 Å². The standard InChI is InChI=1S/C27H21F2N3O2/c28-19-9-6-16(7-10-19)14-23(33)31-27-25(26(34)17-4-2-1-3-5-17)32-24-21-12-11-20(29)15-18(21)8-13-22(24)30-27/h1-7,9-12,15,26,34H,8,13-14H2,(H,30,31,33). The molecule has 0 radical (unpaired) electrons. The first-order chi connectivity index (χ1) is 16.5. The molecule has 3 aromatic carbocycles. The Morgan fingerprint density at radius 1 is 0.941 bits per heavy atom. The van der Waals surface area contributed by atoms with E-state index in [-0.39, 0.29) is 35.5 Å². The summed E-state index contributed by atoms with van der Waals surface area (Å²) in [5, 5.41) is 13.9. The lowest BCUT2D eigenvalue weighted by Gasteiger charge is -2.22. The number of nitrogens with zero attached hydrogens (tertiary/aromatic N) is 2. The van der Waals surface area contributed by atoms with E-state index in [1.54, 1.807) is 42.5 Å². The van der Waals surface area contributed by atoms with Crippen molar-refractivity contribution in [2.24, 2.45) is 0 Å². The van der Waals surface area contributed by atoms with Crippen LogP contribution >= 0.6 is 0 Å². The number of aliphatic hydroxyl groups excluding tert-OH is 1. The Kier molecular flexibility index (Phi) is 5.86. The number of anilines is 1. The van der Waals surface area contributed by atoms with Gasteiger partial charge in [-0.05, 0) is 59.9 Å². The van der Waals surface area contributed by atoms with Gasteiger partial charge in [0.1, 0.15) is 23.4 Å². The van der Waals surface area contributed by atoms with Gasteiger partial charge < -0.3 is 10.4 Å². The zero-order valence-corrected chi connectivity index (χ0v) is 18.1. The molecule has 4 aromatic rings. The van der Waals surface area contributed by atoms with E-state index in [0.717, 1.165) is 11.1 Å². The van der Waals surface area contributed by atoms with Crippen LogP contribution in [-0.2, 0) is 24.1 Å². The third-order valence-electron chi connectivity index (χ3n) is 5.86. The molecular formula is C27H21F2N3O2. The van der Waals surface area contributed by atoms with Gasteiger partial charge in [0.05, 0.1) is 17.8 Å². The van der Waals surface area contributed by atoms with Crippen LogP contribution < -0.4 is 5.32 Å². The molecule has 2 N–H and O–H groups in total. The van der Waals surface area contributed by atoms with Crippen molar-refractivity contribution in [3.8, 4) is 11.3 Å². The van der Waals surface area contributed by atoms with Gasteiger partial charge in [-0.3, -0.25) is 4.79 Å². The number of aromatic nitrogens is 2. The van der Waals surface area contributed by atoms with Crippen LogP contribution in [0.15, 0.2) is 72.8 Å². The molecule has 0 aliphatic heterocycles. The molecule has 0 saturated heterocycles. The number of benzene rings is 3. The van der Waals surface area contributed by atoms with Gasteiger partial charge in [0.2, 0.25) is 5.91 Å². The molecule has 7 heteroatoms. The van der Waals surface area contributed by atoms with Gasteiger partial charge in [0, 0.05) is 5.56 Å². The molecular weight excluding hydrogens is 436 g/mol. The summed E-state index contributed by atoms with van der Waals surface area (Å²) in [6.07, 6.45) is 0.00718. The highest BCUT2D eigenvalue weighted by Crippen LogP contribution is 2.35. The van der Waals surface area contributed by atoms with E-state index in [1.807, 2.05) is 6.07 Å². The van der Waals surface area contributed by atoms with Gasteiger partial charge in [-0.25, -0.2) is 18.7 Å². The van der Waals surface area contributed by atoms with Gasteiger partial charge in [-0.1, -0.05) is 42.5 Å². The average molecular weight is 457 g/mol. The second kappa shape index (κ2) is 9.11. The predicted molar refractivity (Wildman–Crippen MR) is 124 cm³/mol. The summed E-state index contributed by atoms with van der Waals surface area (Å²) in [4.78, 5) is 22.2. The number of hydrogen-bond donors (Lipinski definition) is 2. The molecule has 1 unspecified atom stereocenters. The van der Waals surface area contributed by atoms with E-state index >= 15 is 0 Å². The fourth-order valence-corrected chi connectivity index (χ4v) is 4.17. The number of halogens is 2. The smallest absolute Gasteiger partial charge is 0.229 e. The number of aryl methyl sites for hydroxylation is 2. The summed E-state index contributed by atoms with van der Waals surface area (Å²) >= 11 is 0. The summed E-state index contributed by atoms with van der Waals surface area (Å²) in [5.74, 6) is -0.879. The topological polar surface area (TPSA) is 75.1 Å². The third kappa shape index (κ3) is 4.43. The number of nitrogens with one attached hydrogen (secondary N) is 1. The van der Waals surface area contributed by atoms with Gasteiger partial charge in [0.15, 0.2) is 5.82 Å². The fourth-order valence-electron chi connectivity index (χ4n) is 4.17. The van der Waals surface area contributed by atoms with Crippen molar-refractivity contribution >= 4 is 11.7 Å². The lowest BCUT2D eigenvalue weighted by atomic mass is 9.91. The van der Waals surface area contributed by atoms with Gasteiger partial charge >= 0.3 is 0 Å². The molecule has 0 spiro atoms. The largest absolute Gasteiger partial charge is 0.382 e. The molecule has 0 saturated carbocycles. The summed E-state index contributed by atoms with van der Waals surface area (Å²) in [5.41, 5.74) is 4.28. The van der Waals surface area contributed by atoms with Crippen LogP contribution in [0.2, 0.25) is 0 Å². The zero-order chi connectivity index (χ0) is 23.7. The number of aliphatic hydroxyl groups is 1. The Labute approximate surface area is 195 Å². The fraction of sp³-hybridized carbons (Fsp3) is 0.148. The minimum atomic E-state index is -1.13. The summed E-state index contributed by atoms with van der Waals surface area (Å²) in [6.45, 7) is 0. The monoisotopic (exact) mass is 457 g/mol. The average Bonchev–Trinajstić information content (AvgIpc) is 2.85. The molecule has 1 aliphatic rings. The molecule has 1 heterocycles. The quantitative estimate of drug-likeness (QED) is 0.452. The highest BCUT2D eigenvalue weighted by molar-refractivity contribution is 5.92. The lowest BCUT2D eigenvalue weighted by molar-refractivity contribution is -0.115. The van der Waals surface area contributed by atoms with Crippen molar-refractivity contribution in [3.05, 3.63) is 113 Å². The van der Waals surface area contributed by atoms with Crippen LogP contribution in [0.3, 0.4) is 0 Å². The number of hydrogen-bond acceptors (Lipinski definition) is 4. The minimum absolute atomic E-state index is 0.0159. The Hall–Kier alpha value is -3.97. The molecule has 0 fully saturated rings. The summed E-state index contributed by atoms with van der Waals surface area (Å²) < 4.78 is 27.0. The highest BCUT2D eigenvalue weighted by Gasteiger charge is 2.26. The van der Waals surface area contributed by atoms with Gasteiger partial charge in [-0.15, -0.1) is 0 Å². The maximum absolute atomic E-state index is 13.8. The molecule has 1 atom stereocenters. The Balaban J connectivity index is 1.54. The molecule has 1 aliphatic carbocycles. The van der Waals surface area contributed by atoms with E-state index in [2.05, 4.69) is 10.3 Å². The second-order valence-electron chi connectivity index (χ2n) is 8.22. The van der Waals surface area contributed by atoms with Crippen molar-refractivity contribution in [3.63, 3.8) is 0 Å². The predicted octanol–water partition coefficient (Wildman–Crippen LogP) is 4.78. The van der Waals surface area contributed by atoms with Crippen LogP contribution in [0, 0.1) is 11.6 Å². The first kappa shape index (κ1) is 21.9. The van der Waals surface area contributed by atoms with Crippen LogP contribution in [0.1, 0.15) is 34.2 Å². The van der Waals surface area contributed by atoms with Crippen LogP contribution in [0.4, 0.5) is 14.6 Å². The Morgan fingerprint density at radius 2 is 1.68 bits per heavy atom. The van der Waals surface area contributed by atoms with E-state index in [1.165, 1.54) is 24.3 Å². The Bertz CT molecular complexity index is 1360. The number of carbonyl (C=O) groups excluding carboxylic acids is 1. The molecule has 5 nitrogen and oxygen atoms in total. The zero-order valence-electron chi connectivity index (χ0n) is 18.1. The molecule has 170 valence electrons. The van der Waals surface area contributed by atoms with Crippen LogP contribution in [0.25, 0.3) is 11.3 Å². The first-order valence-electron chi connectivity index (χ1n) is 10.9. The van der Waals surface area contributed by atoms with E-state index in [4.69, 9.17) is 4.98 Å². The van der Waals surface area contributed by atoms with E-state index < -0.39 is 6.10 Å². The molecule has 0 bridgehead atoms. The molecule has 5 rings (SSSR count). The number of amides is 1. The van der Waals surface area contributed by atoms with Crippen LogP contribution in [0.5, 0.6) is 0 Å². The van der Waals surface area contributed by atoms with Crippen molar-refractivity contribution < 1.29 is 18.7 Å². The lowest BCUT2D eigenvalue weighted by Crippen LogP contribution is -2.21. The van der Waals surface area contributed by atoms with Gasteiger partial charge in [-0.2, -0.15) is 0 Å². The number of carbonyl (C=O) groups is 1. The van der Waals surface area contributed by atoms with Crippen molar-refractivity contribution in [1.29, 1.82) is 0 Å². The maximum Gasteiger partial charge on any atom is 0.229 e. The number of rotatable bonds is 5. The number of fused-ring (bicyclic) bond motifs is 3. The summed E-state index contributed by atoms with van der Waals surface area (Å²) in [7, 11) is 0. The Morgan fingerprint density at radius 3 is 2.44 bits per heavy atom. The van der Waals surface area contributed by atoms with E-state index in [0.29, 0.717) is 35.4 Å². The van der Waals surface area contributed by atoms with E-state index in [9.17, 15) is 18.7 Å². The summed E-state index contributed by atoms with van der Waals surface area (Å²) in [6, 6.07) is 19.2. The van der Waals surface area contributed by atoms with Gasteiger partial charge in [0.25, 0.3) is 0 Å². The maximum atomic E-state index is 13.8. The molecule has 1 amide bonds.